The highest BCUT2D eigenvalue weighted by Crippen LogP contribution is 2.32. The maximum atomic E-state index is 13.4. The zero-order valence-electron chi connectivity index (χ0n) is 13.7. The van der Waals surface area contributed by atoms with Crippen LogP contribution in [0.15, 0.2) is 18.2 Å². The summed E-state index contributed by atoms with van der Waals surface area (Å²) in [5.74, 6) is -2.65. The van der Waals surface area contributed by atoms with Crippen LogP contribution in [0, 0.1) is 5.82 Å². The lowest BCUT2D eigenvalue weighted by Crippen LogP contribution is -2.54. The molecule has 6 nitrogen and oxygen atoms in total. The summed E-state index contributed by atoms with van der Waals surface area (Å²) in [6.45, 7) is 1.91. The third kappa shape index (κ3) is 2.89. The van der Waals surface area contributed by atoms with E-state index in [0.29, 0.717) is 12.1 Å². The molecule has 0 aliphatic carbocycles. The van der Waals surface area contributed by atoms with E-state index in [1.807, 2.05) is 0 Å². The average molecular weight is 373 g/mol. The van der Waals surface area contributed by atoms with Crippen LogP contribution in [0.5, 0.6) is 0 Å². The number of nitrogens with zero attached hydrogens (tertiary/aromatic N) is 3. The zero-order valence-corrected chi connectivity index (χ0v) is 13.7. The van der Waals surface area contributed by atoms with Gasteiger partial charge in [-0.25, -0.2) is 9.18 Å². The number of hydrogen-bond donors (Lipinski definition) is 0. The number of carbonyl (C=O) groups excluding carboxylic acids is 3. The number of urea groups is 1. The summed E-state index contributed by atoms with van der Waals surface area (Å²) in [6.07, 6.45) is -4.92. The van der Waals surface area contributed by atoms with Crippen LogP contribution in [0.4, 0.5) is 22.4 Å². The number of benzene rings is 1. The summed E-state index contributed by atoms with van der Waals surface area (Å²) in [6, 6.07) is 0.747. The number of rotatable bonds is 2. The van der Waals surface area contributed by atoms with E-state index in [-0.39, 0.29) is 31.7 Å². The van der Waals surface area contributed by atoms with Gasteiger partial charge < -0.3 is 9.80 Å². The molecular weight excluding hydrogens is 358 g/mol. The summed E-state index contributed by atoms with van der Waals surface area (Å²) < 4.78 is 51.9. The van der Waals surface area contributed by atoms with Crippen molar-refractivity contribution in [3.63, 3.8) is 0 Å². The molecule has 0 bridgehead atoms. The Bertz CT molecular complexity index is 780. The number of fused-ring (bicyclic) bond motifs is 1. The average Bonchev–Trinajstić information content (AvgIpc) is 2.83. The Balaban J connectivity index is 1.82. The summed E-state index contributed by atoms with van der Waals surface area (Å²) >= 11 is 0. The first-order chi connectivity index (χ1) is 12.1. The minimum atomic E-state index is -4.92. The smallest absolute Gasteiger partial charge is 0.334 e. The largest absolute Gasteiger partial charge is 0.419 e. The second-order valence-corrected chi connectivity index (χ2v) is 6.02. The molecule has 4 amide bonds. The summed E-state index contributed by atoms with van der Waals surface area (Å²) in [4.78, 5) is 40.5. The van der Waals surface area contributed by atoms with Gasteiger partial charge in [-0.05, 0) is 25.1 Å². The van der Waals surface area contributed by atoms with Crippen LogP contribution in [0.1, 0.15) is 22.8 Å². The number of alkyl halides is 3. The SMILES string of the molecule is CCN1C(=O)[C@H]2CN(C(=O)c3ccc(F)c(C(F)(F)F)c3)CCN2C1=O. The molecule has 3 rings (SSSR count). The first-order valence-corrected chi connectivity index (χ1v) is 7.93. The molecule has 0 unspecified atom stereocenters. The highest BCUT2D eigenvalue weighted by Gasteiger charge is 2.47. The van der Waals surface area contributed by atoms with Gasteiger partial charge in [0.1, 0.15) is 11.9 Å². The number of amides is 4. The molecule has 2 aliphatic heterocycles. The Hall–Kier alpha value is -2.65. The van der Waals surface area contributed by atoms with Crippen LogP contribution in [-0.2, 0) is 11.0 Å². The van der Waals surface area contributed by atoms with Crippen molar-refractivity contribution in [3.05, 3.63) is 35.1 Å². The third-order valence-electron chi connectivity index (χ3n) is 4.53. The topological polar surface area (TPSA) is 60.9 Å². The first kappa shape index (κ1) is 18.2. The second-order valence-electron chi connectivity index (χ2n) is 6.02. The monoisotopic (exact) mass is 373 g/mol. The quantitative estimate of drug-likeness (QED) is 0.588. The number of piperazine rings is 1. The van der Waals surface area contributed by atoms with E-state index in [2.05, 4.69) is 0 Å². The number of likely N-dealkylation sites (N-methyl/N-ethyl adjacent to an activating group) is 1. The van der Waals surface area contributed by atoms with Gasteiger partial charge >= 0.3 is 12.2 Å². The molecule has 0 aromatic heterocycles. The molecule has 1 aromatic carbocycles. The summed E-state index contributed by atoms with van der Waals surface area (Å²) in [5, 5.41) is 0. The molecule has 0 N–H and O–H groups in total. The molecule has 1 atom stereocenters. The van der Waals surface area contributed by atoms with Crippen LogP contribution in [-0.4, -0.2) is 64.8 Å². The third-order valence-corrected chi connectivity index (χ3v) is 4.53. The van der Waals surface area contributed by atoms with Crippen LogP contribution in [0.2, 0.25) is 0 Å². The van der Waals surface area contributed by atoms with E-state index in [9.17, 15) is 31.9 Å². The van der Waals surface area contributed by atoms with Crippen molar-refractivity contribution in [1.82, 2.24) is 14.7 Å². The standard InChI is InChI=1S/C16H15F4N3O3/c1-2-22-14(25)12-8-21(5-6-23(12)15(22)26)13(24)9-3-4-11(17)10(7-9)16(18,19)20/h3-4,7,12H,2,5-6,8H2,1H3/t12-/m1/s1. The van der Waals surface area contributed by atoms with Crippen molar-refractivity contribution in [2.24, 2.45) is 0 Å². The Labute approximate surface area is 145 Å². The van der Waals surface area contributed by atoms with Crippen LogP contribution in [0.25, 0.3) is 0 Å². The van der Waals surface area contributed by atoms with E-state index < -0.39 is 41.4 Å². The number of hydrogen-bond acceptors (Lipinski definition) is 3. The van der Waals surface area contributed by atoms with Crippen molar-refractivity contribution < 1.29 is 31.9 Å². The fraction of sp³-hybridized carbons (Fsp3) is 0.438. The molecule has 2 heterocycles. The summed E-state index contributed by atoms with van der Waals surface area (Å²) in [7, 11) is 0. The fourth-order valence-corrected chi connectivity index (χ4v) is 3.19. The van der Waals surface area contributed by atoms with Crippen molar-refractivity contribution in [3.8, 4) is 0 Å². The van der Waals surface area contributed by atoms with Gasteiger partial charge in [0.15, 0.2) is 0 Å². The van der Waals surface area contributed by atoms with Gasteiger partial charge in [0.2, 0.25) is 0 Å². The highest BCUT2D eigenvalue weighted by molar-refractivity contribution is 6.05. The molecule has 0 radical (unpaired) electrons. The predicted octanol–water partition coefficient (Wildman–Crippen LogP) is 1.95. The van der Waals surface area contributed by atoms with Crippen molar-refractivity contribution in [2.75, 3.05) is 26.2 Å². The maximum absolute atomic E-state index is 13.4. The molecule has 2 fully saturated rings. The molecule has 2 aliphatic rings. The molecule has 1 aromatic rings. The second kappa shape index (κ2) is 6.26. The Morgan fingerprint density at radius 1 is 1.23 bits per heavy atom. The van der Waals surface area contributed by atoms with Crippen molar-refractivity contribution in [1.29, 1.82) is 0 Å². The maximum Gasteiger partial charge on any atom is 0.419 e. The van der Waals surface area contributed by atoms with Crippen molar-refractivity contribution in [2.45, 2.75) is 19.1 Å². The number of halogens is 4. The lowest BCUT2D eigenvalue weighted by Gasteiger charge is -2.35. The minimum absolute atomic E-state index is 0.0740. The normalized spacial score (nSPS) is 20.7. The van der Waals surface area contributed by atoms with E-state index >= 15 is 0 Å². The highest BCUT2D eigenvalue weighted by atomic mass is 19.4. The van der Waals surface area contributed by atoms with Crippen LogP contribution >= 0.6 is 0 Å². The zero-order chi connectivity index (χ0) is 19.2. The van der Waals surface area contributed by atoms with Crippen molar-refractivity contribution >= 4 is 17.8 Å². The Morgan fingerprint density at radius 3 is 2.54 bits per heavy atom. The van der Waals surface area contributed by atoms with Gasteiger partial charge in [-0.3, -0.25) is 14.5 Å². The molecule has 2 saturated heterocycles. The van der Waals surface area contributed by atoms with Gasteiger partial charge in [0, 0.05) is 25.2 Å². The van der Waals surface area contributed by atoms with E-state index in [0.717, 1.165) is 11.0 Å². The first-order valence-electron chi connectivity index (χ1n) is 7.93. The van der Waals surface area contributed by atoms with Gasteiger partial charge in [-0.2, -0.15) is 13.2 Å². The van der Waals surface area contributed by atoms with E-state index in [1.54, 1.807) is 6.92 Å². The molecular formula is C16H15F4N3O3. The number of imide groups is 1. The lowest BCUT2D eigenvalue weighted by atomic mass is 10.1. The molecule has 0 spiro atoms. The lowest BCUT2D eigenvalue weighted by molar-refractivity contribution is -0.140. The fourth-order valence-electron chi connectivity index (χ4n) is 3.19. The van der Waals surface area contributed by atoms with Crippen LogP contribution < -0.4 is 0 Å². The minimum Gasteiger partial charge on any atom is -0.334 e. The molecule has 0 saturated carbocycles. The molecule has 140 valence electrons. The Kier molecular flexibility index (Phi) is 4.37. The summed E-state index contributed by atoms with van der Waals surface area (Å²) in [5.41, 5.74) is -1.84. The van der Waals surface area contributed by atoms with Gasteiger partial charge in [0.05, 0.1) is 12.1 Å². The van der Waals surface area contributed by atoms with Gasteiger partial charge in [0.25, 0.3) is 11.8 Å². The molecule has 10 heteroatoms. The van der Waals surface area contributed by atoms with Gasteiger partial charge in [-0.1, -0.05) is 0 Å². The van der Waals surface area contributed by atoms with E-state index in [1.165, 1.54) is 9.80 Å². The van der Waals surface area contributed by atoms with Crippen LogP contribution in [0.3, 0.4) is 0 Å². The molecule has 26 heavy (non-hydrogen) atoms. The number of carbonyl (C=O) groups is 3. The Morgan fingerprint density at radius 2 is 1.92 bits per heavy atom. The van der Waals surface area contributed by atoms with Gasteiger partial charge in [-0.15, -0.1) is 0 Å². The predicted molar refractivity (Wildman–Crippen MR) is 80.6 cm³/mol. The van der Waals surface area contributed by atoms with E-state index in [4.69, 9.17) is 0 Å².